The van der Waals surface area contributed by atoms with Crippen LogP contribution in [0.25, 0.3) is 0 Å². The molecule has 0 aliphatic carbocycles. The van der Waals surface area contributed by atoms with E-state index in [1.165, 1.54) is 25.3 Å². The zero-order chi connectivity index (χ0) is 15.4. The Balaban J connectivity index is 2.21. The van der Waals surface area contributed by atoms with Crippen molar-refractivity contribution in [1.29, 1.82) is 0 Å². The van der Waals surface area contributed by atoms with Crippen LogP contribution in [0.2, 0.25) is 0 Å². The average molecular weight is 352 g/mol. The maximum atomic E-state index is 13.3. The molecule has 0 aliphatic rings. The van der Waals surface area contributed by atoms with Gasteiger partial charge in [-0.3, -0.25) is 4.79 Å². The van der Waals surface area contributed by atoms with Crippen molar-refractivity contribution in [2.45, 2.75) is 0 Å². The lowest BCUT2D eigenvalue weighted by Crippen LogP contribution is -2.13. The molecule has 1 N–H and O–H groups in total. The van der Waals surface area contributed by atoms with Gasteiger partial charge in [0, 0.05) is 15.7 Å². The number of nitrogens with one attached hydrogen (secondary N) is 1. The van der Waals surface area contributed by atoms with Gasteiger partial charge < -0.3 is 10.1 Å². The van der Waals surface area contributed by atoms with Gasteiger partial charge in [0.2, 0.25) is 0 Å². The minimum Gasteiger partial charge on any atom is -0.465 e. The highest BCUT2D eigenvalue weighted by Crippen LogP contribution is 2.17. The summed E-state index contributed by atoms with van der Waals surface area (Å²) in [6, 6.07) is 10.2. The summed E-state index contributed by atoms with van der Waals surface area (Å²) in [5.74, 6) is -1.49. The molecule has 1 amide bonds. The highest BCUT2D eigenvalue weighted by Gasteiger charge is 2.11. The number of benzene rings is 2. The molecule has 0 saturated carbocycles. The molecule has 0 heterocycles. The van der Waals surface area contributed by atoms with E-state index in [0.29, 0.717) is 15.7 Å². The van der Waals surface area contributed by atoms with Crippen LogP contribution in [0.4, 0.5) is 10.1 Å². The Hall–Kier alpha value is -2.21. The van der Waals surface area contributed by atoms with Crippen molar-refractivity contribution in [2.24, 2.45) is 0 Å². The molecule has 0 bridgehead atoms. The topological polar surface area (TPSA) is 55.4 Å². The van der Waals surface area contributed by atoms with Gasteiger partial charge in [0.1, 0.15) is 5.82 Å². The predicted octanol–water partition coefficient (Wildman–Crippen LogP) is 3.63. The van der Waals surface area contributed by atoms with Gasteiger partial charge in [-0.2, -0.15) is 0 Å². The van der Waals surface area contributed by atoms with E-state index in [-0.39, 0.29) is 5.56 Å². The van der Waals surface area contributed by atoms with Crippen molar-refractivity contribution in [3.05, 3.63) is 63.9 Å². The zero-order valence-electron chi connectivity index (χ0n) is 11.0. The standard InChI is InChI=1S/C15H11BrFNO3/c1-21-15(20)9-3-2-4-13(7-9)18-14(19)10-5-11(16)8-12(17)6-10/h2-8H,1H3,(H,18,19). The van der Waals surface area contributed by atoms with Crippen LogP contribution in [0.15, 0.2) is 46.9 Å². The summed E-state index contributed by atoms with van der Waals surface area (Å²) in [7, 11) is 1.28. The molecule has 0 unspecified atom stereocenters. The van der Waals surface area contributed by atoms with Crippen LogP contribution in [0.3, 0.4) is 0 Å². The maximum Gasteiger partial charge on any atom is 0.337 e. The molecule has 0 saturated heterocycles. The maximum absolute atomic E-state index is 13.3. The first-order valence-corrected chi connectivity index (χ1v) is 6.75. The van der Waals surface area contributed by atoms with Gasteiger partial charge >= 0.3 is 5.97 Å². The van der Waals surface area contributed by atoms with Crippen LogP contribution >= 0.6 is 15.9 Å². The molecule has 0 aliphatic heterocycles. The fourth-order valence-electron chi connectivity index (χ4n) is 1.73. The number of hydrogen-bond donors (Lipinski definition) is 1. The number of ether oxygens (including phenoxy) is 1. The summed E-state index contributed by atoms with van der Waals surface area (Å²) in [4.78, 5) is 23.5. The van der Waals surface area contributed by atoms with Gasteiger partial charge in [-0.1, -0.05) is 22.0 Å². The predicted molar refractivity (Wildman–Crippen MR) is 79.8 cm³/mol. The molecule has 0 fully saturated rings. The fraction of sp³-hybridized carbons (Fsp3) is 0.0667. The van der Waals surface area contributed by atoms with E-state index in [0.717, 1.165) is 6.07 Å². The third-order valence-electron chi connectivity index (χ3n) is 2.67. The van der Waals surface area contributed by atoms with E-state index in [1.807, 2.05) is 0 Å². The number of halogens is 2. The van der Waals surface area contributed by atoms with E-state index in [2.05, 4.69) is 26.0 Å². The molecule has 6 heteroatoms. The fourth-order valence-corrected chi connectivity index (χ4v) is 2.20. The first-order chi connectivity index (χ1) is 9.99. The molecule has 2 aromatic carbocycles. The van der Waals surface area contributed by atoms with Crippen LogP contribution in [0.1, 0.15) is 20.7 Å². The van der Waals surface area contributed by atoms with Crippen molar-refractivity contribution in [3.8, 4) is 0 Å². The second-order valence-corrected chi connectivity index (χ2v) is 5.10. The summed E-state index contributed by atoms with van der Waals surface area (Å²) in [5.41, 5.74) is 0.907. The number of anilines is 1. The van der Waals surface area contributed by atoms with E-state index >= 15 is 0 Å². The Morgan fingerprint density at radius 3 is 2.57 bits per heavy atom. The number of methoxy groups -OCH3 is 1. The molecule has 0 radical (unpaired) electrons. The van der Waals surface area contributed by atoms with Crippen molar-refractivity contribution in [2.75, 3.05) is 12.4 Å². The van der Waals surface area contributed by atoms with Gasteiger partial charge in [0.15, 0.2) is 0 Å². The smallest absolute Gasteiger partial charge is 0.337 e. The number of esters is 1. The van der Waals surface area contributed by atoms with Crippen LogP contribution < -0.4 is 5.32 Å². The molecule has 0 atom stereocenters. The minimum absolute atomic E-state index is 0.172. The van der Waals surface area contributed by atoms with Crippen LogP contribution in [-0.4, -0.2) is 19.0 Å². The molecule has 0 aromatic heterocycles. The number of carbonyl (C=O) groups is 2. The molecule has 0 spiro atoms. The van der Waals surface area contributed by atoms with Crippen LogP contribution in [0.5, 0.6) is 0 Å². The quantitative estimate of drug-likeness (QED) is 0.859. The van der Waals surface area contributed by atoms with Crippen molar-refractivity contribution >= 4 is 33.5 Å². The summed E-state index contributed by atoms with van der Waals surface area (Å²) < 4.78 is 18.3. The molecule has 108 valence electrons. The first kappa shape index (κ1) is 15.2. The number of amides is 1. The minimum atomic E-state index is -0.516. The highest BCUT2D eigenvalue weighted by atomic mass is 79.9. The van der Waals surface area contributed by atoms with Gasteiger partial charge in [-0.15, -0.1) is 0 Å². The molecule has 21 heavy (non-hydrogen) atoms. The highest BCUT2D eigenvalue weighted by molar-refractivity contribution is 9.10. The lowest BCUT2D eigenvalue weighted by atomic mass is 10.1. The Kier molecular flexibility index (Phi) is 4.70. The third kappa shape index (κ3) is 3.88. The summed E-state index contributed by atoms with van der Waals surface area (Å²) in [6.07, 6.45) is 0. The molecular weight excluding hydrogens is 341 g/mol. The Bertz CT molecular complexity index is 683. The third-order valence-corrected chi connectivity index (χ3v) is 3.12. The summed E-state index contributed by atoms with van der Waals surface area (Å²) in [6.45, 7) is 0. The van der Waals surface area contributed by atoms with Gasteiger partial charge in [0.25, 0.3) is 5.91 Å². The van der Waals surface area contributed by atoms with E-state index in [9.17, 15) is 14.0 Å². The molecular formula is C15H11BrFNO3. The van der Waals surface area contributed by atoms with E-state index in [1.54, 1.807) is 18.2 Å². The summed E-state index contributed by atoms with van der Waals surface area (Å²) >= 11 is 3.13. The molecule has 4 nitrogen and oxygen atoms in total. The largest absolute Gasteiger partial charge is 0.465 e. The second kappa shape index (κ2) is 6.49. The Morgan fingerprint density at radius 1 is 1.14 bits per heavy atom. The lowest BCUT2D eigenvalue weighted by molar-refractivity contribution is 0.0600. The lowest BCUT2D eigenvalue weighted by Gasteiger charge is -2.07. The van der Waals surface area contributed by atoms with E-state index in [4.69, 9.17) is 0 Å². The van der Waals surface area contributed by atoms with E-state index < -0.39 is 17.7 Å². The number of carbonyl (C=O) groups excluding carboxylic acids is 2. The normalized spacial score (nSPS) is 10.0. The zero-order valence-corrected chi connectivity index (χ0v) is 12.6. The Labute approximate surface area is 129 Å². The number of hydrogen-bond acceptors (Lipinski definition) is 3. The van der Waals surface area contributed by atoms with Crippen molar-refractivity contribution < 1.29 is 18.7 Å². The van der Waals surface area contributed by atoms with Gasteiger partial charge in [-0.25, -0.2) is 9.18 Å². The summed E-state index contributed by atoms with van der Waals surface area (Å²) in [5, 5.41) is 2.60. The van der Waals surface area contributed by atoms with Crippen LogP contribution in [0, 0.1) is 5.82 Å². The van der Waals surface area contributed by atoms with Crippen LogP contribution in [-0.2, 0) is 4.74 Å². The molecule has 2 rings (SSSR count). The average Bonchev–Trinajstić information content (AvgIpc) is 2.45. The number of rotatable bonds is 3. The Morgan fingerprint density at radius 2 is 1.90 bits per heavy atom. The van der Waals surface area contributed by atoms with Gasteiger partial charge in [0.05, 0.1) is 12.7 Å². The monoisotopic (exact) mass is 351 g/mol. The SMILES string of the molecule is COC(=O)c1cccc(NC(=O)c2cc(F)cc(Br)c2)c1. The van der Waals surface area contributed by atoms with Crippen molar-refractivity contribution in [1.82, 2.24) is 0 Å². The van der Waals surface area contributed by atoms with Gasteiger partial charge in [-0.05, 0) is 36.4 Å². The van der Waals surface area contributed by atoms with Crippen molar-refractivity contribution in [3.63, 3.8) is 0 Å². The first-order valence-electron chi connectivity index (χ1n) is 5.95. The second-order valence-electron chi connectivity index (χ2n) is 4.18. The molecule has 2 aromatic rings.